The van der Waals surface area contributed by atoms with Gasteiger partial charge in [0.05, 0.1) is 13.7 Å². The number of rotatable bonds is 5. The molecule has 0 aliphatic carbocycles. The number of unbranched alkanes of at least 4 members (excludes halogenated alkanes) is 1. The molecule has 0 atom stereocenters. The first kappa shape index (κ1) is 13.1. The molecule has 17 heavy (non-hydrogen) atoms. The lowest BCUT2D eigenvalue weighted by atomic mass is 10.3. The number of nitrogens with zero attached hydrogens (tertiary/aromatic N) is 1. The summed E-state index contributed by atoms with van der Waals surface area (Å²) in [5.41, 5.74) is -0.459. The van der Waals surface area contributed by atoms with Gasteiger partial charge in [0.15, 0.2) is 11.4 Å². The SMILES string of the molecule is CCCCOc1c(C(=O)OC)n(N)ccc1=O. The first-order valence-corrected chi connectivity index (χ1v) is 5.33. The fourth-order valence-corrected chi connectivity index (χ4v) is 1.29. The number of aromatic nitrogens is 1. The van der Waals surface area contributed by atoms with Gasteiger partial charge in [0, 0.05) is 12.3 Å². The Kier molecular flexibility index (Phi) is 4.56. The summed E-state index contributed by atoms with van der Waals surface area (Å²) in [7, 11) is 1.22. The highest BCUT2D eigenvalue weighted by atomic mass is 16.5. The molecule has 0 amide bonds. The smallest absolute Gasteiger partial charge is 0.360 e. The Labute approximate surface area is 98.9 Å². The summed E-state index contributed by atoms with van der Waals surface area (Å²) in [6.07, 6.45) is 3.01. The van der Waals surface area contributed by atoms with Crippen LogP contribution < -0.4 is 16.0 Å². The fourth-order valence-electron chi connectivity index (χ4n) is 1.29. The Morgan fingerprint density at radius 3 is 2.82 bits per heavy atom. The van der Waals surface area contributed by atoms with Crippen molar-refractivity contribution in [1.82, 2.24) is 4.68 Å². The van der Waals surface area contributed by atoms with Crippen LogP contribution in [0.3, 0.4) is 0 Å². The molecule has 0 unspecified atom stereocenters. The maximum Gasteiger partial charge on any atom is 0.360 e. The molecule has 94 valence electrons. The van der Waals surface area contributed by atoms with Crippen LogP contribution in [-0.2, 0) is 4.74 Å². The van der Waals surface area contributed by atoms with Crippen molar-refractivity contribution in [3.05, 3.63) is 28.2 Å². The second kappa shape index (κ2) is 5.93. The molecular formula is C11H16N2O4. The third-order valence-electron chi connectivity index (χ3n) is 2.21. The number of ether oxygens (including phenoxy) is 2. The van der Waals surface area contributed by atoms with E-state index in [0.717, 1.165) is 17.5 Å². The largest absolute Gasteiger partial charge is 0.487 e. The molecule has 1 heterocycles. The average Bonchev–Trinajstić information content (AvgIpc) is 2.33. The quantitative estimate of drug-likeness (QED) is 0.461. The minimum Gasteiger partial charge on any atom is -0.487 e. The van der Waals surface area contributed by atoms with Crippen molar-refractivity contribution in [2.45, 2.75) is 19.8 Å². The monoisotopic (exact) mass is 240 g/mol. The lowest BCUT2D eigenvalue weighted by molar-refractivity contribution is 0.0584. The third-order valence-corrected chi connectivity index (χ3v) is 2.21. The van der Waals surface area contributed by atoms with E-state index < -0.39 is 5.97 Å². The summed E-state index contributed by atoms with van der Waals surface area (Å²) >= 11 is 0. The zero-order chi connectivity index (χ0) is 12.8. The summed E-state index contributed by atoms with van der Waals surface area (Å²) in [5.74, 6) is 4.81. The van der Waals surface area contributed by atoms with E-state index in [9.17, 15) is 9.59 Å². The molecule has 0 aliphatic heterocycles. The van der Waals surface area contributed by atoms with Crippen LogP contribution in [0.25, 0.3) is 0 Å². The van der Waals surface area contributed by atoms with Gasteiger partial charge in [-0.3, -0.25) is 9.47 Å². The van der Waals surface area contributed by atoms with Gasteiger partial charge in [-0.2, -0.15) is 0 Å². The van der Waals surface area contributed by atoms with Gasteiger partial charge in [-0.15, -0.1) is 0 Å². The van der Waals surface area contributed by atoms with E-state index in [0.29, 0.717) is 6.61 Å². The number of pyridine rings is 1. The Morgan fingerprint density at radius 2 is 2.24 bits per heavy atom. The highest BCUT2D eigenvalue weighted by Crippen LogP contribution is 2.13. The average molecular weight is 240 g/mol. The molecular weight excluding hydrogens is 224 g/mol. The van der Waals surface area contributed by atoms with E-state index in [1.807, 2.05) is 6.92 Å². The standard InChI is InChI=1S/C11H16N2O4/c1-3-4-7-17-10-8(14)5-6-13(12)9(10)11(15)16-2/h5-6H,3-4,7,12H2,1-2H3. The van der Waals surface area contributed by atoms with E-state index in [-0.39, 0.29) is 16.9 Å². The zero-order valence-electron chi connectivity index (χ0n) is 9.93. The highest BCUT2D eigenvalue weighted by Gasteiger charge is 2.19. The summed E-state index contributed by atoms with van der Waals surface area (Å²) in [6, 6.07) is 1.24. The fraction of sp³-hybridized carbons (Fsp3) is 0.455. The van der Waals surface area contributed by atoms with Gasteiger partial charge in [0.2, 0.25) is 5.43 Å². The van der Waals surface area contributed by atoms with Gasteiger partial charge in [-0.1, -0.05) is 13.3 Å². The van der Waals surface area contributed by atoms with Gasteiger partial charge in [-0.05, 0) is 6.42 Å². The predicted octanol–water partition coefficient (Wildman–Crippen LogP) is 0.528. The van der Waals surface area contributed by atoms with Crippen LogP contribution in [0.15, 0.2) is 17.1 Å². The molecule has 0 aliphatic rings. The van der Waals surface area contributed by atoms with Crippen molar-refractivity contribution < 1.29 is 14.3 Å². The van der Waals surface area contributed by atoms with Gasteiger partial charge in [0.1, 0.15) is 0 Å². The molecule has 6 nitrogen and oxygen atoms in total. The van der Waals surface area contributed by atoms with Crippen LogP contribution in [0, 0.1) is 0 Å². The first-order chi connectivity index (χ1) is 8.11. The number of hydrogen-bond donors (Lipinski definition) is 1. The predicted molar refractivity (Wildman–Crippen MR) is 62.6 cm³/mol. The molecule has 0 radical (unpaired) electrons. The molecule has 1 aromatic heterocycles. The van der Waals surface area contributed by atoms with Gasteiger partial charge in [-0.25, -0.2) is 4.79 Å². The molecule has 1 aromatic rings. The number of hydrogen-bond acceptors (Lipinski definition) is 5. The van der Waals surface area contributed by atoms with E-state index in [4.69, 9.17) is 10.6 Å². The first-order valence-electron chi connectivity index (χ1n) is 5.33. The number of methoxy groups -OCH3 is 1. The molecule has 0 bridgehead atoms. The van der Waals surface area contributed by atoms with Crippen LogP contribution in [0.2, 0.25) is 0 Å². The van der Waals surface area contributed by atoms with Gasteiger partial charge >= 0.3 is 5.97 Å². The van der Waals surface area contributed by atoms with Crippen LogP contribution in [-0.4, -0.2) is 24.4 Å². The summed E-state index contributed by atoms with van der Waals surface area (Å²) < 4.78 is 10.9. The Bertz CT molecular complexity index is 453. The summed E-state index contributed by atoms with van der Waals surface area (Å²) in [6.45, 7) is 2.36. The van der Waals surface area contributed by atoms with Crippen molar-refractivity contribution in [1.29, 1.82) is 0 Å². The minimum absolute atomic E-state index is 0.0599. The van der Waals surface area contributed by atoms with Crippen molar-refractivity contribution in [2.24, 2.45) is 0 Å². The molecule has 0 fully saturated rings. The van der Waals surface area contributed by atoms with Crippen molar-refractivity contribution in [3.63, 3.8) is 0 Å². The number of carbonyl (C=O) groups is 1. The van der Waals surface area contributed by atoms with E-state index in [1.165, 1.54) is 19.4 Å². The normalized spacial score (nSPS) is 10.0. The maximum absolute atomic E-state index is 11.6. The summed E-state index contributed by atoms with van der Waals surface area (Å²) in [4.78, 5) is 23.1. The number of nitrogen functional groups attached to an aromatic ring is 1. The summed E-state index contributed by atoms with van der Waals surface area (Å²) in [5, 5.41) is 0. The number of carbonyl (C=O) groups excluding carboxylic acids is 1. The number of nitrogens with two attached hydrogens (primary N) is 1. The Hall–Kier alpha value is -1.98. The molecule has 2 N–H and O–H groups in total. The van der Waals surface area contributed by atoms with Crippen molar-refractivity contribution in [3.8, 4) is 5.75 Å². The molecule has 0 aromatic carbocycles. The second-order valence-corrected chi connectivity index (χ2v) is 3.46. The van der Waals surface area contributed by atoms with E-state index >= 15 is 0 Å². The number of esters is 1. The van der Waals surface area contributed by atoms with Crippen LogP contribution >= 0.6 is 0 Å². The maximum atomic E-state index is 11.6. The lowest BCUT2D eigenvalue weighted by Crippen LogP contribution is -2.25. The zero-order valence-corrected chi connectivity index (χ0v) is 9.93. The lowest BCUT2D eigenvalue weighted by Gasteiger charge is -2.12. The highest BCUT2D eigenvalue weighted by molar-refractivity contribution is 5.90. The molecule has 6 heteroatoms. The van der Waals surface area contributed by atoms with Crippen LogP contribution in [0.5, 0.6) is 5.75 Å². The van der Waals surface area contributed by atoms with Crippen molar-refractivity contribution >= 4 is 5.97 Å². The van der Waals surface area contributed by atoms with E-state index in [1.54, 1.807) is 0 Å². The van der Waals surface area contributed by atoms with Crippen LogP contribution in [0.1, 0.15) is 30.3 Å². The minimum atomic E-state index is -0.698. The Morgan fingerprint density at radius 1 is 1.53 bits per heavy atom. The van der Waals surface area contributed by atoms with Gasteiger partial charge in [0.25, 0.3) is 0 Å². The van der Waals surface area contributed by atoms with E-state index in [2.05, 4.69) is 4.74 Å². The van der Waals surface area contributed by atoms with Crippen LogP contribution in [0.4, 0.5) is 0 Å². The Balaban J connectivity index is 3.11. The third kappa shape index (κ3) is 2.99. The molecule has 0 spiro atoms. The van der Waals surface area contributed by atoms with Crippen molar-refractivity contribution in [2.75, 3.05) is 19.6 Å². The van der Waals surface area contributed by atoms with Gasteiger partial charge < -0.3 is 15.3 Å². The second-order valence-electron chi connectivity index (χ2n) is 3.46. The molecule has 1 rings (SSSR count). The topological polar surface area (TPSA) is 83.6 Å². The molecule has 0 saturated heterocycles. The molecule has 0 saturated carbocycles.